The van der Waals surface area contributed by atoms with Crippen LogP contribution in [0.25, 0.3) is 0 Å². The van der Waals surface area contributed by atoms with Gasteiger partial charge in [-0.05, 0) is 24.5 Å². The molecule has 2 heterocycles. The zero-order chi connectivity index (χ0) is 14.3. The standard InChI is InChI=1S/C16H22N2O2/c1-10-3-4-15-12(5-10)7-13(20-15)8-18-9-14(17)11(2)6-16(18)19/h3-5,11,13-14H,6-9,17H2,1-2H3. The highest BCUT2D eigenvalue weighted by Gasteiger charge is 2.32. The highest BCUT2D eigenvalue weighted by Crippen LogP contribution is 2.30. The Morgan fingerprint density at radius 1 is 1.40 bits per heavy atom. The van der Waals surface area contributed by atoms with Gasteiger partial charge in [0.1, 0.15) is 11.9 Å². The first-order valence-corrected chi connectivity index (χ1v) is 7.32. The number of nitrogens with two attached hydrogens (primary N) is 1. The Labute approximate surface area is 119 Å². The SMILES string of the molecule is Cc1ccc2c(c1)CC(CN1CC(N)C(C)CC1=O)O2. The molecule has 1 aromatic carbocycles. The van der Waals surface area contributed by atoms with Gasteiger partial charge in [0.2, 0.25) is 5.91 Å². The molecule has 2 aliphatic heterocycles. The molecule has 0 spiro atoms. The fraction of sp³-hybridized carbons (Fsp3) is 0.562. The number of hydrogen-bond acceptors (Lipinski definition) is 3. The predicted octanol–water partition coefficient (Wildman–Crippen LogP) is 1.49. The van der Waals surface area contributed by atoms with Gasteiger partial charge in [-0.25, -0.2) is 0 Å². The Hall–Kier alpha value is -1.55. The third-order valence-corrected chi connectivity index (χ3v) is 4.39. The van der Waals surface area contributed by atoms with Crippen LogP contribution in [-0.4, -0.2) is 36.0 Å². The maximum atomic E-state index is 12.1. The molecule has 0 saturated carbocycles. The molecule has 0 aliphatic carbocycles. The number of benzene rings is 1. The van der Waals surface area contributed by atoms with Gasteiger partial charge in [0.15, 0.2) is 0 Å². The average molecular weight is 274 g/mol. The van der Waals surface area contributed by atoms with Gasteiger partial charge in [-0.2, -0.15) is 0 Å². The van der Waals surface area contributed by atoms with E-state index in [0.29, 0.717) is 19.5 Å². The number of rotatable bonds is 2. The summed E-state index contributed by atoms with van der Waals surface area (Å²) in [6.45, 7) is 5.43. The Bertz CT molecular complexity index is 529. The summed E-state index contributed by atoms with van der Waals surface area (Å²) in [7, 11) is 0. The van der Waals surface area contributed by atoms with E-state index in [2.05, 4.69) is 19.1 Å². The van der Waals surface area contributed by atoms with Crippen molar-refractivity contribution >= 4 is 5.91 Å². The molecular weight excluding hydrogens is 252 g/mol. The summed E-state index contributed by atoms with van der Waals surface area (Å²) < 4.78 is 5.94. The minimum absolute atomic E-state index is 0.0661. The van der Waals surface area contributed by atoms with Crippen molar-refractivity contribution in [3.63, 3.8) is 0 Å². The van der Waals surface area contributed by atoms with Crippen LogP contribution in [0.5, 0.6) is 5.75 Å². The average Bonchev–Trinajstić information content (AvgIpc) is 2.77. The number of aryl methyl sites for hydroxylation is 1. The van der Waals surface area contributed by atoms with Crippen LogP contribution < -0.4 is 10.5 Å². The van der Waals surface area contributed by atoms with E-state index in [1.165, 1.54) is 11.1 Å². The van der Waals surface area contributed by atoms with Crippen LogP contribution in [-0.2, 0) is 11.2 Å². The molecule has 2 aliphatic rings. The van der Waals surface area contributed by atoms with Crippen LogP contribution in [0.3, 0.4) is 0 Å². The Balaban J connectivity index is 1.64. The predicted molar refractivity (Wildman–Crippen MR) is 77.6 cm³/mol. The zero-order valence-electron chi connectivity index (χ0n) is 12.1. The smallest absolute Gasteiger partial charge is 0.223 e. The van der Waals surface area contributed by atoms with Crippen molar-refractivity contribution < 1.29 is 9.53 Å². The van der Waals surface area contributed by atoms with Crippen LogP contribution >= 0.6 is 0 Å². The molecular formula is C16H22N2O2. The van der Waals surface area contributed by atoms with Crippen LogP contribution in [0.4, 0.5) is 0 Å². The van der Waals surface area contributed by atoms with Gasteiger partial charge in [-0.15, -0.1) is 0 Å². The van der Waals surface area contributed by atoms with Crippen LogP contribution in [0, 0.1) is 12.8 Å². The van der Waals surface area contributed by atoms with E-state index < -0.39 is 0 Å². The normalized spacial score (nSPS) is 29.2. The summed E-state index contributed by atoms with van der Waals surface area (Å²) in [4.78, 5) is 13.9. The lowest BCUT2D eigenvalue weighted by Crippen LogP contribution is -2.52. The number of amides is 1. The molecule has 4 nitrogen and oxygen atoms in total. The van der Waals surface area contributed by atoms with Gasteiger partial charge in [-0.1, -0.05) is 24.6 Å². The topological polar surface area (TPSA) is 55.6 Å². The number of nitrogens with zero attached hydrogens (tertiary/aromatic N) is 1. The molecule has 1 aromatic rings. The maximum Gasteiger partial charge on any atom is 0.223 e. The van der Waals surface area contributed by atoms with Gasteiger partial charge >= 0.3 is 0 Å². The number of fused-ring (bicyclic) bond motifs is 1. The second kappa shape index (κ2) is 5.09. The van der Waals surface area contributed by atoms with Crippen molar-refractivity contribution in [3.05, 3.63) is 29.3 Å². The molecule has 108 valence electrons. The molecule has 4 heteroatoms. The van der Waals surface area contributed by atoms with Crippen molar-refractivity contribution in [2.45, 2.75) is 38.8 Å². The van der Waals surface area contributed by atoms with Crippen LogP contribution in [0.1, 0.15) is 24.5 Å². The van der Waals surface area contributed by atoms with Gasteiger partial charge < -0.3 is 15.4 Å². The monoisotopic (exact) mass is 274 g/mol. The first-order valence-electron chi connectivity index (χ1n) is 7.32. The minimum Gasteiger partial charge on any atom is -0.488 e. The number of carbonyl (C=O) groups is 1. The third-order valence-electron chi connectivity index (χ3n) is 4.39. The molecule has 1 fully saturated rings. The van der Waals surface area contributed by atoms with Gasteiger partial charge in [0, 0.05) is 25.4 Å². The molecule has 0 radical (unpaired) electrons. The van der Waals surface area contributed by atoms with Gasteiger partial charge in [0.25, 0.3) is 0 Å². The lowest BCUT2D eigenvalue weighted by Gasteiger charge is -2.35. The second-order valence-corrected chi connectivity index (χ2v) is 6.20. The van der Waals surface area contributed by atoms with E-state index in [9.17, 15) is 4.79 Å². The van der Waals surface area contributed by atoms with Gasteiger partial charge in [-0.3, -0.25) is 4.79 Å². The number of hydrogen-bond donors (Lipinski definition) is 1. The largest absolute Gasteiger partial charge is 0.488 e. The molecule has 0 aromatic heterocycles. The Kier molecular flexibility index (Phi) is 3.42. The number of piperidine rings is 1. The third kappa shape index (κ3) is 2.52. The van der Waals surface area contributed by atoms with E-state index in [4.69, 9.17) is 10.5 Å². The first-order chi connectivity index (χ1) is 9.52. The fourth-order valence-electron chi connectivity index (χ4n) is 3.07. The van der Waals surface area contributed by atoms with Crippen molar-refractivity contribution in [2.24, 2.45) is 11.7 Å². The van der Waals surface area contributed by atoms with E-state index >= 15 is 0 Å². The number of likely N-dealkylation sites (tertiary alicyclic amines) is 1. The summed E-state index contributed by atoms with van der Waals surface area (Å²) in [6, 6.07) is 6.33. The van der Waals surface area contributed by atoms with Gasteiger partial charge in [0.05, 0.1) is 6.54 Å². The molecule has 1 amide bonds. The van der Waals surface area contributed by atoms with Crippen molar-refractivity contribution in [2.75, 3.05) is 13.1 Å². The lowest BCUT2D eigenvalue weighted by atomic mass is 9.93. The molecule has 20 heavy (non-hydrogen) atoms. The lowest BCUT2D eigenvalue weighted by molar-refractivity contribution is -0.136. The zero-order valence-corrected chi connectivity index (χ0v) is 12.1. The summed E-state index contributed by atoms with van der Waals surface area (Å²) in [5.41, 5.74) is 8.57. The Morgan fingerprint density at radius 3 is 3.00 bits per heavy atom. The molecule has 3 atom stereocenters. The van der Waals surface area contributed by atoms with E-state index in [-0.39, 0.29) is 24.0 Å². The maximum absolute atomic E-state index is 12.1. The number of ether oxygens (including phenoxy) is 1. The molecule has 3 unspecified atom stereocenters. The second-order valence-electron chi connectivity index (χ2n) is 6.20. The van der Waals surface area contributed by atoms with Crippen LogP contribution in [0.15, 0.2) is 18.2 Å². The summed E-state index contributed by atoms with van der Waals surface area (Å²) in [5, 5.41) is 0. The molecule has 2 N–H and O–H groups in total. The number of carbonyl (C=O) groups excluding carboxylic acids is 1. The molecule has 1 saturated heterocycles. The van der Waals surface area contributed by atoms with E-state index in [1.807, 2.05) is 17.9 Å². The van der Waals surface area contributed by atoms with Crippen molar-refractivity contribution in [1.82, 2.24) is 4.90 Å². The molecule has 3 rings (SSSR count). The molecule has 0 bridgehead atoms. The quantitative estimate of drug-likeness (QED) is 0.889. The first kappa shape index (κ1) is 13.4. The Morgan fingerprint density at radius 2 is 2.20 bits per heavy atom. The summed E-state index contributed by atoms with van der Waals surface area (Å²) in [5.74, 6) is 1.45. The minimum atomic E-state index is 0.0661. The summed E-state index contributed by atoms with van der Waals surface area (Å²) >= 11 is 0. The highest BCUT2D eigenvalue weighted by molar-refractivity contribution is 5.77. The van der Waals surface area contributed by atoms with E-state index in [0.717, 1.165) is 12.2 Å². The van der Waals surface area contributed by atoms with Crippen molar-refractivity contribution in [1.29, 1.82) is 0 Å². The van der Waals surface area contributed by atoms with Crippen molar-refractivity contribution in [3.8, 4) is 5.75 Å². The highest BCUT2D eigenvalue weighted by atomic mass is 16.5. The van der Waals surface area contributed by atoms with Crippen LogP contribution in [0.2, 0.25) is 0 Å². The van der Waals surface area contributed by atoms with E-state index in [1.54, 1.807) is 0 Å². The fourth-order valence-corrected chi connectivity index (χ4v) is 3.07. The summed E-state index contributed by atoms with van der Waals surface area (Å²) in [6.07, 6.45) is 1.50.